The number of hydrogen-bond acceptors (Lipinski definition) is 3. The Balaban J connectivity index is 1.66. The van der Waals surface area contributed by atoms with E-state index in [2.05, 4.69) is 49.6 Å². The summed E-state index contributed by atoms with van der Waals surface area (Å²) in [5.74, 6) is -0.229. The molecular formula is C25H24N2O2S. The predicted molar refractivity (Wildman–Crippen MR) is 123 cm³/mol. The van der Waals surface area contributed by atoms with Crippen LogP contribution in [0.4, 0.5) is 4.79 Å². The van der Waals surface area contributed by atoms with Gasteiger partial charge >= 0.3 is 0 Å². The lowest BCUT2D eigenvalue weighted by molar-refractivity contribution is -0.123. The topological polar surface area (TPSA) is 42.3 Å². The molecule has 2 heterocycles. The number of amides is 2. The summed E-state index contributed by atoms with van der Waals surface area (Å²) >= 11 is 1.01. The number of aromatic nitrogens is 1. The first-order valence-electron chi connectivity index (χ1n) is 10.1. The fourth-order valence-electron chi connectivity index (χ4n) is 3.88. The van der Waals surface area contributed by atoms with Crippen molar-refractivity contribution in [3.05, 3.63) is 93.6 Å². The number of rotatable bonds is 5. The van der Waals surface area contributed by atoms with Crippen LogP contribution in [0, 0.1) is 13.8 Å². The third-order valence-corrected chi connectivity index (χ3v) is 6.33. The zero-order chi connectivity index (χ0) is 21.3. The first-order chi connectivity index (χ1) is 14.5. The maximum Gasteiger partial charge on any atom is 0.293 e. The molecule has 0 aliphatic carbocycles. The molecule has 5 heteroatoms. The van der Waals surface area contributed by atoms with Gasteiger partial charge in [0.15, 0.2) is 0 Å². The van der Waals surface area contributed by atoms with Crippen LogP contribution in [0.3, 0.4) is 0 Å². The van der Waals surface area contributed by atoms with Crippen LogP contribution in [0.5, 0.6) is 0 Å². The number of imide groups is 1. The molecule has 30 heavy (non-hydrogen) atoms. The molecule has 1 aliphatic rings. The van der Waals surface area contributed by atoms with Gasteiger partial charge in [0.05, 0.1) is 11.4 Å². The van der Waals surface area contributed by atoms with E-state index in [0.29, 0.717) is 11.4 Å². The first kappa shape index (κ1) is 20.2. The summed E-state index contributed by atoms with van der Waals surface area (Å²) in [6.45, 7) is 6.57. The Kier molecular flexibility index (Phi) is 5.64. The van der Waals surface area contributed by atoms with Gasteiger partial charge in [0, 0.05) is 17.1 Å². The van der Waals surface area contributed by atoms with Gasteiger partial charge in [0.1, 0.15) is 0 Å². The number of para-hydroxylation sites is 1. The second-order valence-corrected chi connectivity index (χ2v) is 8.39. The molecule has 4 rings (SSSR count). The van der Waals surface area contributed by atoms with E-state index in [0.717, 1.165) is 46.4 Å². The van der Waals surface area contributed by atoms with E-state index < -0.39 is 0 Å². The van der Waals surface area contributed by atoms with Gasteiger partial charge in [-0.3, -0.25) is 14.5 Å². The maximum absolute atomic E-state index is 12.9. The van der Waals surface area contributed by atoms with Crippen molar-refractivity contribution in [2.24, 2.45) is 0 Å². The average molecular weight is 417 g/mol. The van der Waals surface area contributed by atoms with Crippen molar-refractivity contribution in [1.82, 2.24) is 9.47 Å². The molecule has 0 bridgehead atoms. The molecule has 2 aromatic carbocycles. The second kappa shape index (κ2) is 8.36. The zero-order valence-electron chi connectivity index (χ0n) is 17.4. The predicted octanol–water partition coefficient (Wildman–Crippen LogP) is 5.89. The minimum atomic E-state index is -0.229. The summed E-state index contributed by atoms with van der Waals surface area (Å²) in [6.07, 6.45) is 2.80. The highest BCUT2D eigenvalue weighted by atomic mass is 32.2. The molecule has 1 fully saturated rings. The molecule has 2 amide bonds. The Morgan fingerprint density at radius 1 is 0.967 bits per heavy atom. The minimum Gasteiger partial charge on any atom is -0.318 e. The van der Waals surface area contributed by atoms with E-state index >= 15 is 0 Å². The van der Waals surface area contributed by atoms with Crippen molar-refractivity contribution in [3.63, 3.8) is 0 Å². The van der Waals surface area contributed by atoms with Crippen LogP contribution in [0.1, 0.15) is 35.0 Å². The zero-order valence-corrected chi connectivity index (χ0v) is 18.2. The van der Waals surface area contributed by atoms with E-state index in [9.17, 15) is 9.59 Å². The summed E-state index contributed by atoms with van der Waals surface area (Å²) in [6, 6.07) is 20.0. The molecular weight excluding hydrogens is 392 g/mol. The van der Waals surface area contributed by atoms with Gasteiger partial charge in [-0.05, 0) is 66.9 Å². The summed E-state index contributed by atoms with van der Waals surface area (Å²) in [7, 11) is 0. The average Bonchev–Trinajstić information content (AvgIpc) is 3.18. The number of nitrogens with zero attached hydrogens (tertiary/aromatic N) is 2. The number of thioether (sulfide) groups is 1. The molecule has 1 saturated heterocycles. The monoisotopic (exact) mass is 416 g/mol. The molecule has 1 aromatic heterocycles. The van der Waals surface area contributed by atoms with E-state index in [1.165, 1.54) is 10.5 Å². The largest absolute Gasteiger partial charge is 0.318 e. The van der Waals surface area contributed by atoms with Crippen LogP contribution in [0.15, 0.2) is 65.6 Å². The van der Waals surface area contributed by atoms with Crippen molar-refractivity contribution in [3.8, 4) is 5.69 Å². The smallest absolute Gasteiger partial charge is 0.293 e. The SMILES string of the molecule is CCc1ccccc1-n1c(C)cc(/C=C2\SC(=O)N(Cc3ccccc3)C2=O)c1C. The van der Waals surface area contributed by atoms with Crippen molar-refractivity contribution < 1.29 is 9.59 Å². The van der Waals surface area contributed by atoms with Crippen LogP contribution in [0.2, 0.25) is 0 Å². The summed E-state index contributed by atoms with van der Waals surface area (Å²) in [5, 5.41) is -0.222. The normalized spacial score (nSPS) is 15.4. The fraction of sp³-hybridized carbons (Fsp3) is 0.200. The second-order valence-electron chi connectivity index (χ2n) is 7.40. The van der Waals surface area contributed by atoms with E-state index in [-0.39, 0.29) is 11.1 Å². The molecule has 0 radical (unpaired) electrons. The van der Waals surface area contributed by atoms with Crippen LogP contribution < -0.4 is 0 Å². The Labute approximate surface area is 181 Å². The molecule has 0 atom stereocenters. The summed E-state index contributed by atoms with van der Waals surface area (Å²) in [5.41, 5.74) is 6.49. The Bertz CT molecular complexity index is 1150. The van der Waals surface area contributed by atoms with Crippen molar-refractivity contribution in [2.75, 3.05) is 0 Å². The van der Waals surface area contributed by atoms with Crippen LogP contribution in [-0.4, -0.2) is 20.6 Å². The molecule has 4 nitrogen and oxygen atoms in total. The van der Waals surface area contributed by atoms with Gasteiger partial charge in [0.2, 0.25) is 0 Å². The summed E-state index contributed by atoms with van der Waals surface area (Å²) in [4.78, 5) is 27.2. The molecule has 152 valence electrons. The van der Waals surface area contributed by atoms with Crippen molar-refractivity contribution >= 4 is 29.0 Å². The highest BCUT2D eigenvalue weighted by Gasteiger charge is 2.35. The third-order valence-electron chi connectivity index (χ3n) is 5.43. The Hall–Kier alpha value is -3.05. The Morgan fingerprint density at radius 3 is 2.40 bits per heavy atom. The highest BCUT2D eigenvalue weighted by molar-refractivity contribution is 8.18. The van der Waals surface area contributed by atoms with Crippen LogP contribution in [-0.2, 0) is 17.8 Å². The number of hydrogen-bond donors (Lipinski definition) is 0. The van der Waals surface area contributed by atoms with Crippen LogP contribution >= 0.6 is 11.8 Å². The quantitative estimate of drug-likeness (QED) is 0.487. The maximum atomic E-state index is 12.9. The number of carbonyl (C=O) groups excluding carboxylic acids is 2. The number of aryl methyl sites for hydroxylation is 2. The lowest BCUT2D eigenvalue weighted by Crippen LogP contribution is -2.27. The Morgan fingerprint density at radius 2 is 1.67 bits per heavy atom. The standard InChI is InChI=1S/C25H24N2O2S/c1-4-20-12-8-9-13-22(20)27-17(2)14-21(18(27)3)15-23-24(28)26(25(29)30-23)16-19-10-6-5-7-11-19/h5-15H,4,16H2,1-3H3/b23-15-. The van der Waals surface area contributed by atoms with Gasteiger partial charge in [-0.1, -0.05) is 55.5 Å². The summed E-state index contributed by atoms with van der Waals surface area (Å²) < 4.78 is 2.22. The van der Waals surface area contributed by atoms with E-state index in [1.54, 1.807) is 0 Å². The molecule has 3 aromatic rings. The minimum absolute atomic E-state index is 0.222. The molecule has 0 unspecified atom stereocenters. The fourth-order valence-corrected chi connectivity index (χ4v) is 4.71. The van der Waals surface area contributed by atoms with Gasteiger partial charge in [-0.25, -0.2) is 0 Å². The number of carbonyl (C=O) groups is 2. The molecule has 0 spiro atoms. The van der Waals surface area contributed by atoms with Gasteiger partial charge in [-0.15, -0.1) is 0 Å². The molecule has 0 N–H and O–H groups in total. The van der Waals surface area contributed by atoms with Gasteiger partial charge in [0.25, 0.3) is 11.1 Å². The van der Waals surface area contributed by atoms with Gasteiger partial charge < -0.3 is 4.57 Å². The molecule has 0 saturated carbocycles. The van der Waals surface area contributed by atoms with Gasteiger partial charge in [-0.2, -0.15) is 0 Å². The number of benzene rings is 2. The first-order valence-corrected chi connectivity index (χ1v) is 10.9. The molecule has 1 aliphatic heterocycles. The van der Waals surface area contributed by atoms with Crippen molar-refractivity contribution in [1.29, 1.82) is 0 Å². The third kappa shape index (κ3) is 3.73. The van der Waals surface area contributed by atoms with E-state index in [4.69, 9.17) is 0 Å². The van der Waals surface area contributed by atoms with Crippen molar-refractivity contribution in [2.45, 2.75) is 33.7 Å². The lowest BCUT2D eigenvalue weighted by Gasteiger charge is -2.14. The van der Waals surface area contributed by atoms with Crippen LogP contribution in [0.25, 0.3) is 11.8 Å². The highest BCUT2D eigenvalue weighted by Crippen LogP contribution is 2.35. The van der Waals surface area contributed by atoms with E-state index in [1.807, 2.05) is 42.5 Å². The lowest BCUT2D eigenvalue weighted by atomic mass is 10.1.